The van der Waals surface area contributed by atoms with Gasteiger partial charge in [0.1, 0.15) is 35.9 Å². The quantitative estimate of drug-likeness (QED) is 0.211. The number of ether oxygens (including phenoxy) is 2. The number of aromatic amines is 1. The number of aliphatic hydroxyl groups excluding tert-OH is 3. The van der Waals surface area contributed by atoms with Crippen molar-refractivity contribution in [3.05, 3.63) is 42.5 Å². The smallest absolute Gasteiger partial charge is 0.469 e. The Labute approximate surface area is 187 Å². The third kappa shape index (κ3) is 6.90. The zero-order valence-corrected chi connectivity index (χ0v) is 18.2. The first-order chi connectivity index (χ1) is 15.7. The minimum Gasteiger partial charge on any atom is -0.497 e. The van der Waals surface area contributed by atoms with Gasteiger partial charge < -0.3 is 44.9 Å². The fraction of sp³-hybridized carbons (Fsp3) is 0.389. The number of methoxy groups -OCH3 is 1. The molecule has 33 heavy (non-hydrogen) atoms. The Morgan fingerprint density at radius 2 is 1.97 bits per heavy atom. The minimum atomic E-state index is -4.64. The van der Waals surface area contributed by atoms with Crippen LogP contribution in [0.4, 0.5) is 5.82 Å². The highest BCUT2D eigenvalue weighted by molar-refractivity contribution is 7.46. The van der Waals surface area contributed by atoms with Gasteiger partial charge >= 0.3 is 7.82 Å². The number of anilines is 1. The average Bonchev–Trinajstić information content (AvgIpc) is 3.37. The molecule has 0 saturated carbocycles. The summed E-state index contributed by atoms with van der Waals surface area (Å²) in [5.41, 5.74) is 2.58. The standard InChI is InChI=1S/C13H13N5O.C5H11O8P/c1-19-10-4-2-3-9(5-10)6-14-12-11-13(16-7-15-11)18-8-17-12;6-3-2(1-12-14(9,10)11)13-5(8)4(3)7/h2-5,7-8H,6H2,1H3,(H2,14,15,16,17,18);2-8H,1H2,(H2,9,10,11)/t;2-,3-,4-,5?/m.1/s1. The summed E-state index contributed by atoms with van der Waals surface area (Å²) in [4.78, 5) is 32.0. The molecule has 3 aromatic rings. The van der Waals surface area contributed by atoms with E-state index in [4.69, 9.17) is 29.8 Å². The van der Waals surface area contributed by atoms with Gasteiger partial charge in [-0.05, 0) is 17.7 Å². The summed E-state index contributed by atoms with van der Waals surface area (Å²) >= 11 is 0. The molecule has 7 N–H and O–H groups in total. The van der Waals surface area contributed by atoms with Gasteiger partial charge in [0.25, 0.3) is 0 Å². The van der Waals surface area contributed by atoms with Crippen molar-refractivity contribution in [3.8, 4) is 5.75 Å². The van der Waals surface area contributed by atoms with Gasteiger partial charge in [-0.3, -0.25) is 4.52 Å². The van der Waals surface area contributed by atoms with Crippen LogP contribution >= 0.6 is 7.82 Å². The van der Waals surface area contributed by atoms with E-state index in [0.29, 0.717) is 12.2 Å². The fourth-order valence-corrected chi connectivity index (χ4v) is 3.25. The van der Waals surface area contributed by atoms with Gasteiger partial charge in [-0.25, -0.2) is 19.5 Å². The molecule has 15 heteroatoms. The third-order valence-corrected chi connectivity index (χ3v) is 5.05. The molecule has 1 aliphatic rings. The van der Waals surface area contributed by atoms with Crippen LogP contribution in [-0.4, -0.2) is 83.4 Å². The Kier molecular flexibility index (Phi) is 8.29. The van der Waals surface area contributed by atoms with Gasteiger partial charge in [0.05, 0.1) is 20.0 Å². The van der Waals surface area contributed by atoms with Crippen LogP contribution in [0.2, 0.25) is 0 Å². The van der Waals surface area contributed by atoms with Crippen molar-refractivity contribution in [1.82, 2.24) is 19.9 Å². The third-order valence-electron chi connectivity index (χ3n) is 4.56. The van der Waals surface area contributed by atoms with E-state index in [2.05, 4.69) is 34.5 Å². The lowest BCUT2D eigenvalue weighted by atomic mass is 10.1. The van der Waals surface area contributed by atoms with Crippen molar-refractivity contribution in [2.24, 2.45) is 0 Å². The maximum Gasteiger partial charge on any atom is 0.469 e. The molecule has 180 valence electrons. The zero-order chi connectivity index (χ0) is 24.0. The topological polar surface area (TPSA) is 212 Å². The van der Waals surface area contributed by atoms with Crippen LogP contribution in [0.3, 0.4) is 0 Å². The monoisotopic (exact) mass is 485 g/mol. The van der Waals surface area contributed by atoms with Crippen molar-refractivity contribution in [3.63, 3.8) is 0 Å². The SMILES string of the molecule is COc1cccc(CNc2ncnc3nc[nH]c23)c1.O=P(O)(O)OC[C@H]1OC(O)[C@H](O)[C@@H]1O. The normalized spacial score (nSPS) is 22.6. The highest BCUT2D eigenvalue weighted by Crippen LogP contribution is 2.37. The molecule has 0 amide bonds. The van der Waals surface area contributed by atoms with E-state index in [0.717, 1.165) is 22.6 Å². The Morgan fingerprint density at radius 1 is 1.18 bits per heavy atom. The number of aliphatic hydroxyl groups is 3. The second-order valence-electron chi connectivity index (χ2n) is 6.86. The largest absolute Gasteiger partial charge is 0.497 e. The van der Waals surface area contributed by atoms with E-state index >= 15 is 0 Å². The highest BCUT2D eigenvalue weighted by atomic mass is 31.2. The molecule has 0 radical (unpaired) electrons. The van der Waals surface area contributed by atoms with Gasteiger partial charge in [0.15, 0.2) is 17.8 Å². The molecule has 1 aromatic carbocycles. The molecule has 4 rings (SSSR count). The van der Waals surface area contributed by atoms with Crippen molar-refractivity contribution >= 4 is 24.8 Å². The number of fused-ring (bicyclic) bond motifs is 1. The first kappa shape index (κ1) is 25.0. The van der Waals surface area contributed by atoms with Crippen LogP contribution < -0.4 is 10.1 Å². The summed E-state index contributed by atoms with van der Waals surface area (Å²) in [7, 11) is -2.98. The number of hydrogen-bond donors (Lipinski definition) is 7. The van der Waals surface area contributed by atoms with Gasteiger partial charge in [-0.2, -0.15) is 0 Å². The number of aromatic nitrogens is 4. The van der Waals surface area contributed by atoms with Crippen molar-refractivity contribution < 1.29 is 43.7 Å². The van der Waals surface area contributed by atoms with E-state index in [9.17, 15) is 4.57 Å². The van der Waals surface area contributed by atoms with Gasteiger partial charge in [-0.15, -0.1) is 0 Å². The molecule has 0 spiro atoms. The summed E-state index contributed by atoms with van der Waals surface area (Å²) < 4.78 is 24.1. The number of benzene rings is 1. The maximum absolute atomic E-state index is 10.3. The molecule has 14 nitrogen and oxygen atoms in total. The highest BCUT2D eigenvalue weighted by Gasteiger charge is 2.42. The van der Waals surface area contributed by atoms with E-state index in [1.165, 1.54) is 6.33 Å². The van der Waals surface area contributed by atoms with Crippen LogP contribution in [0.1, 0.15) is 5.56 Å². The molecule has 1 fully saturated rings. The summed E-state index contributed by atoms with van der Waals surface area (Å²) in [6, 6.07) is 7.89. The number of nitrogens with zero attached hydrogens (tertiary/aromatic N) is 3. The van der Waals surface area contributed by atoms with Crippen molar-refractivity contribution in [2.45, 2.75) is 31.1 Å². The summed E-state index contributed by atoms with van der Waals surface area (Å²) in [5, 5.41) is 30.3. The lowest BCUT2D eigenvalue weighted by Crippen LogP contribution is -2.34. The Bertz CT molecular complexity index is 1090. The van der Waals surface area contributed by atoms with E-state index in [1.54, 1.807) is 13.4 Å². The van der Waals surface area contributed by atoms with Crippen LogP contribution in [0.15, 0.2) is 36.9 Å². The number of phosphoric ester groups is 1. The molecule has 1 unspecified atom stereocenters. The van der Waals surface area contributed by atoms with Gasteiger partial charge in [-0.1, -0.05) is 12.1 Å². The Hall–Kier alpha value is -2.68. The number of hydrogen-bond acceptors (Lipinski definition) is 11. The summed E-state index contributed by atoms with van der Waals surface area (Å²) in [6.45, 7) is 0.0435. The van der Waals surface area contributed by atoms with Crippen LogP contribution in [-0.2, 0) is 20.4 Å². The van der Waals surface area contributed by atoms with E-state index in [-0.39, 0.29) is 0 Å². The fourth-order valence-electron chi connectivity index (χ4n) is 2.90. The van der Waals surface area contributed by atoms with E-state index in [1.807, 2.05) is 24.3 Å². The predicted molar refractivity (Wildman–Crippen MR) is 113 cm³/mol. The summed E-state index contributed by atoms with van der Waals surface area (Å²) in [6.07, 6.45) is -2.56. The molecule has 1 saturated heterocycles. The molecule has 4 atom stereocenters. The molecule has 1 aliphatic heterocycles. The molecule has 0 aliphatic carbocycles. The first-order valence-electron chi connectivity index (χ1n) is 9.58. The minimum absolute atomic E-state index is 0.612. The molecule has 3 heterocycles. The van der Waals surface area contributed by atoms with Gasteiger partial charge in [0, 0.05) is 6.54 Å². The summed E-state index contributed by atoms with van der Waals surface area (Å²) in [5.74, 6) is 1.58. The predicted octanol–water partition coefficient (Wildman–Crippen LogP) is -0.492. The number of H-pyrrole nitrogens is 1. The molecule has 0 bridgehead atoms. The Balaban J connectivity index is 0.000000196. The molecular formula is C18H24N5O9P. The van der Waals surface area contributed by atoms with Crippen LogP contribution in [0, 0.1) is 0 Å². The number of phosphoric acid groups is 1. The van der Waals surface area contributed by atoms with Crippen molar-refractivity contribution in [2.75, 3.05) is 19.0 Å². The average molecular weight is 485 g/mol. The van der Waals surface area contributed by atoms with E-state index < -0.39 is 39.0 Å². The van der Waals surface area contributed by atoms with Crippen molar-refractivity contribution in [1.29, 1.82) is 0 Å². The molecular weight excluding hydrogens is 461 g/mol. The second-order valence-corrected chi connectivity index (χ2v) is 8.10. The van der Waals surface area contributed by atoms with Crippen LogP contribution in [0.5, 0.6) is 5.75 Å². The lowest BCUT2D eigenvalue weighted by molar-refractivity contribution is -0.132. The number of imidazole rings is 1. The molecule has 2 aromatic heterocycles. The first-order valence-corrected chi connectivity index (χ1v) is 11.1. The Morgan fingerprint density at radius 3 is 2.64 bits per heavy atom. The number of nitrogens with one attached hydrogen (secondary N) is 2. The second kappa shape index (κ2) is 11.0. The van der Waals surface area contributed by atoms with Gasteiger partial charge in [0.2, 0.25) is 0 Å². The van der Waals surface area contributed by atoms with Crippen LogP contribution in [0.25, 0.3) is 11.2 Å². The lowest BCUT2D eigenvalue weighted by Gasteiger charge is -2.14. The maximum atomic E-state index is 10.3. The number of rotatable bonds is 7. The zero-order valence-electron chi connectivity index (χ0n) is 17.3.